The molecule has 1 N–H and O–H groups in total. The minimum Gasteiger partial charge on any atom is -0.381 e. The fourth-order valence-electron chi connectivity index (χ4n) is 3.96. The Morgan fingerprint density at radius 2 is 1.80 bits per heavy atom. The fourth-order valence-corrected chi connectivity index (χ4v) is 3.96. The molecule has 2 aliphatic rings. The van der Waals surface area contributed by atoms with Gasteiger partial charge in [0.05, 0.1) is 0 Å². The van der Waals surface area contributed by atoms with Crippen molar-refractivity contribution >= 4 is 0 Å². The number of nitrogens with one attached hydrogen (secondary N) is 1. The van der Waals surface area contributed by atoms with Gasteiger partial charge >= 0.3 is 0 Å². The highest BCUT2D eigenvalue weighted by Crippen LogP contribution is 2.33. The highest BCUT2D eigenvalue weighted by molar-refractivity contribution is 4.89. The molecule has 118 valence electrons. The first-order chi connectivity index (χ1) is 9.79. The van der Waals surface area contributed by atoms with Gasteiger partial charge in [0.2, 0.25) is 0 Å². The van der Waals surface area contributed by atoms with Gasteiger partial charge in [-0.3, -0.25) is 0 Å². The lowest BCUT2D eigenvalue weighted by Crippen LogP contribution is -2.50. The van der Waals surface area contributed by atoms with E-state index in [0.717, 1.165) is 32.3 Å². The molecule has 1 aliphatic heterocycles. The largest absolute Gasteiger partial charge is 0.381 e. The second-order valence-corrected chi connectivity index (χ2v) is 6.75. The van der Waals surface area contributed by atoms with Crippen molar-refractivity contribution in [2.75, 3.05) is 39.4 Å². The zero-order chi connectivity index (χ0) is 14.3. The van der Waals surface area contributed by atoms with Gasteiger partial charge in [-0.05, 0) is 44.2 Å². The van der Waals surface area contributed by atoms with Crippen LogP contribution in [0.15, 0.2) is 0 Å². The van der Waals surface area contributed by atoms with Crippen LogP contribution >= 0.6 is 0 Å². The fraction of sp³-hybridized carbons (Fsp3) is 1.00. The highest BCUT2D eigenvalue weighted by atomic mass is 16.5. The van der Waals surface area contributed by atoms with E-state index in [9.17, 15) is 0 Å². The minimum absolute atomic E-state index is 0.446. The second kappa shape index (κ2) is 8.35. The third-order valence-electron chi connectivity index (χ3n) is 5.34. The number of rotatable bonds is 7. The molecule has 0 atom stereocenters. The first-order valence-corrected chi connectivity index (χ1v) is 8.82. The monoisotopic (exact) mass is 282 g/mol. The van der Waals surface area contributed by atoms with Crippen LogP contribution in [0.1, 0.15) is 58.8 Å². The molecule has 20 heavy (non-hydrogen) atoms. The molecule has 3 nitrogen and oxygen atoms in total. The predicted molar refractivity (Wildman–Crippen MR) is 85.1 cm³/mol. The second-order valence-electron chi connectivity index (χ2n) is 6.75. The van der Waals surface area contributed by atoms with Crippen LogP contribution in [0.5, 0.6) is 0 Å². The van der Waals surface area contributed by atoms with E-state index in [0.29, 0.717) is 5.41 Å². The summed E-state index contributed by atoms with van der Waals surface area (Å²) >= 11 is 0. The summed E-state index contributed by atoms with van der Waals surface area (Å²) in [6.45, 7) is 11.2. The van der Waals surface area contributed by atoms with E-state index < -0.39 is 0 Å². The molecule has 2 rings (SSSR count). The van der Waals surface area contributed by atoms with Crippen LogP contribution in [0, 0.1) is 5.41 Å². The van der Waals surface area contributed by atoms with E-state index in [4.69, 9.17) is 4.74 Å². The van der Waals surface area contributed by atoms with Gasteiger partial charge in [0.1, 0.15) is 0 Å². The lowest BCUT2D eigenvalue weighted by Gasteiger charge is -2.44. The molecule has 2 fully saturated rings. The summed E-state index contributed by atoms with van der Waals surface area (Å²) < 4.78 is 5.62. The summed E-state index contributed by atoms with van der Waals surface area (Å²) in [7, 11) is 0. The Morgan fingerprint density at radius 3 is 2.40 bits per heavy atom. The van der Waals surface area contributed by atoms with Crippen LogP contribution in [-0.4, -0.2) is 50.3 Å². The molecule has 0 spiro atoms. The average Bonchev–Trinajstić information content (AvgIpc) is 2.53. The maximum absolute atomic E-state index is 5.62. The smallest absolute Gasteiger partial charge is 0.0472 e. The molecule has 0 aromatic rings. The molecular weight excluding hydrogens is 248 g/mol. The van der Waals surface area contributed by atoms with Crippen LogP contribution in [0.2, 0.25) is 0 Å². The molecule has 0 aromatic heterocycles. The first-order valence-electron chi connectivity index (χ1n) is 8.82. The molecular formula is C17H34N2O. The summed E-state index contributed by atoms with van der Waals surface area (Å²) in [5.74, 6) is 0. The van der Waals surface area contributed by atoms with Gasteiger partial charge in [0.15, 0.2) is 0 Å². The highest BCUT2D eigenvalue weighted by Gasteiger charge is 2.35. The van der Waals surface area contributed by atoms with Gasteiger partial charge in [-0.2, -0.15) is 0 Å². The van der Waals surface area contributed by atoms with Crippen LogP contribution in [0.4, 0.5) is 0 Å². The van der Waals surface area contributed by atoms with Crippen molar-refractivity contribution in [3.8, 4) is 0 Å². The molecule has 1 saturated carbocycles. The van der Waals surface area contributed by atoms with Gasteiger partial charge < -0.3 is 15.0 Å². The molecule has 0 amide bonds. The zero-order valence-corrected chi connectivity index (χ0v) is 13.6. The Kier molecular flexibility index (Phi) is 6.79. The van der Waals surface area contributed by atoms with E-state index in [1.54, 1.807) is 0 Å². The molecule has 0 unspecified atom stereocenters. The molecule has 3 heteroatoms. The Bertz CT molecular complexity index is 258. The van der Waals surface area contributed by atoms with Gasteiger partial charge in [-0.25, -0.2) is 0 Å². The van der Waals surface area contributed by atoms with Gasteiger partial charge in [0.25, 0.3) is 0 Å². The summed E-state index contributed by atoms with van der Waals surface area (Å²) in [4.78, 5) is 2.78. The van der Waals surface area contributed by atoms with Crippen molar-refractivity contribution in [1.82, 2.24) is 10.2 Å². The predicted octanol–water partition coefficient (Wildman–Crippen LogP) is 3.05. The van der Waals surface area contributed by atoms with Crippen LogP contribution in [0.3, 0.4) is 0 Å². The quantitative estimate of drug-likeness (QED) is 0.777. The third kappa shape index (κ3) is 4.44. The number of nitrogens with zero attached hydrogens (tertiary/aromatic N) is 1. The Morgan fingerprint density at radius 1 is 1.10 bits per heavy atom. The topological polar surface area (TPSA) is 24.5 Å². The third-order valence-corrected chi connectivity index (χ3v) is 5.34. The number of hydrogen-bond acceptors (Lipinski definition) is 3. The van der Waals surface area contributed by atoms with E-state index in [1.807, 2.05) is 0 Å². The Balaban J connectivity index is 1.96. The standard InChI is InChI=1S/C17H34N2O/c1-3-18-14-17(10-12-20-13-11-17)15-19(4-2)16-8-6-5-7-9-16/h16,18H,3-15H2,1-2H3. The molecule has 1 heterocycles. The lowest BCUT2D eigenvalue weighted by atomic mass is 9.78. The first kappa shape index (κ1) is 16.3. The lowest BCUT2D eigenvalue weighted by molar-refractivity contribution is -0.0138. The van der Waals surface area contributed by atoms with E-state index in [1.165, 1.54) is 58.0 Å². The van der Waals surface area contributed by atoms with Crippen LogP contribution in [0.25, 0.3) is 0 Å². The van der Waals surface area contributed by atoms with Crippen LogP contribution < -0.4 is 5.32 Å². The normalized spacial score (nSPS) is 24.1. The van der Waals surface area contributed by atoms with E-state index in [-0.39, 0.29) is 0 Å². The molecule has 1 saturated heterocycles. The Labute approximate surface area is 125 Å². The Hall–Kier alpha value is -0.120. The van der Waals surface area contributed by atoms with Crippen molar-refractivity contribution in [2.24, 2.45) is 5.41 Å². The summed E-state index contributed by atoms with van der Waals surface area (Å²) in [5.41, 5.74) is 0.446. The van der Waals surface area contributed by atoms with E-state index >= 15 is 0 Å². The molecule has 0 aromatic carbocycles. The SMILES string of the molecule is CCNCC1(CN(CC)C2CCCCC2)CCOCC1. The van der Waals surface area contributed by atoms with Crippen molar-refractivity contribution in [1.29, 1.82) is 0 Å². The van der Waals surface area contributed by atoms with Crippen molar-refractivity contribution in [2.45, 2.75) is 64.8 Å². The van der Waals surface area contributed by atoms with Gasteiger partial charge in [-0.1, -0.05) is 33.1 Å². The van der Waals surface area contributed by atoms with Crippen molar-refractivity contribution < 1.29 is 4.74 Å². The maximum atomic E-state index is 5.62. The number of ether oxygens (including phenoxy) is 1. The van der Waals surface area contributed by atoms with Crippen LogP contribution in [-0.2, 0) is 4.74 Å². The van der Waals surface area contributed by atoms with Gasteiger partial charge in [0, 0.05) is 32.3 Å². The van der Waals surface area contributed by atoms with E-state index in [2.05, 4.69) is 24.1 Å². The maximum Gasteiger partial charge on any atom is 0.0472 e. The average molecular weight is 282 g/mol. The van der Waals surface area contributed by atoms with Crippen molar-refractivity contribution in [3.05, 3.63) is 0 Å². The zero-order valence-electron chi connectivity index (χ0n) is 13.6. The molecule has 0 radical (unpaired) electrons. The van der Waals surface area contributed by atoms with Crippen molar-refractivity contribution in [3.63, 3.8) is 0 Å². The van der Waals surface area contributed by atoms with Gasteiger partial charge in [-0.15, -0.1) is 0 Å². The number of hydrogen-bond donors (Lipinski definition) is 1. The summed E-state index contributed by atoms with van der Waals surface area (Å²) in [5, 5.41) is 3.61. The molecule has 0 bridgehead atoms. The molecule has 1 aliphatic carbocycles. The summed E-state index contributed by atoms with van der Waals surface area (Å²) in [6.07, 6.45) is 9.61. The minimum atomic E-state index is 0.446. The summed E-state index contributed by atoms with van der Waals surface area (Å²) in [6, 6.07) is 0.843.